The molecule has 1 amide bonds. The number of aliphatic hydroxyl groups excluding tert-OH is 1. The molecule has 0 aliphatic carbocycles. The first-order chi connectivity index (χ1) is 17.4. The van der Waals surface area contributed by atoms with Crippen LogP contribution < -0.4 is 19.1 Å². The van der Waals surface area contributed by atoms with Crippen LogP contribution in [0.2, 0.25) is 5.02 Å². The topological polar surface area (TPSA) is 98.2 Å². The van der Waals surface area contributed by atoms with E-state index in [1.54, 1.807) is 47.8 Å². The Labute approximate surface area is 218 Å². The Balaban J connectivity index is 1.74. The third-order valence-corrected chi connectivity index (χ3v) is 7.87. The van der Waals surface area contributed by atoms with Gasteiger partial charge in [-0.05, 0) is 47.3 Å². The summed E-state index contributed by atoms with van der Waals surface area (Å²) in [6, 6.07) is 10.9. The quantitative estimate of drug-likeness (QED) is 0.294. The van der Waals surface area contributed by atoms with E-state index in [-0.39, 0.29) is 5.57 Å². The lowest BCUT2D eigenvalue weighted by atomic mass is 9.95. The summed E-state index contributed by atoms with van der Waals surface area (Å²) >= 11 is 8.60. The number of thiophene rings is 1. The summed E-state index contributed by atoms with van der Waals surface area (Å²) in [4.78, 5) is 33.3. The number of ether oxygens (including phenoxy) is 3. The normalized spacial score (nSPS) is 15.6. The molecule has 1 aliphatic rings. The number of anilines is 1. The molecule has 0 radical (unpaired) electrons. The van der Waals surface area contributed by atoms with Crippen molar-refractivity contribution in [2.24, 2.45) is 0 Å². The highest BCUT2D eigenvalue weighted by atomic mass is 35.5. The molecule has 0 saturated carbocycles. The van der Waals surface area contributed by atoms with Crippen LogP contribution in [0.15, 0.2) is 59.2 Å². The van der Waals surface area contributed by atoms with Crippen LogP contribution >= 0.6 is 34.3 Å². The number of aliphatic hydroxyl groups is 1. The van der Waals surface area contributed by atoms with Crippen molar-refractivity contribution in [2.75, 3.05) is 26.2 Å². The van der Waals surface area contributed by atoms with Crippen LogP contribution in [0, 0.1) is 0 Å². The minimum Gasteiger partial charge on any atom is -0.503 e. The maximum Gasteiger partial charge on any atom is 0.296 e. The average molecular weight is 543 g/mol. The number of Topliss-reactive ketones (excluding diaryl/α,β-unsaturated/α-hetero) is 1. The number of ketones is 1. The van der Waals surface area contributed by atoms with Crippen LogP contribution in [-0.2, 0) is 4.79 Å². The fourth-order valence-corrected chi connectivity index (χ4v) is 6.09. The van der Waals surface area contributed by atoms with E-state index in [1.807, 2.05) is 0 Å². The van der Waals surface area contributed by atoms with Gasteiger partial charge in [0.1, 0.15) is 0 Å². The largest absolute Gasteiger partial charge is 0.503 e. The second-order valence-corrected chi connectivity index (χ2v) is 10.1. The minimum atomic E-state index is -1.00. The number of halogens is 1. The van der Waals surface area contributed by atoms with Crippen molar-refractivity contribution < 1.29 is 28.9 Å². The van der Waals surface area contributed by atoms with Crippen LogP contribution in [0.1, 0.15) is 21.3 Å². The van der Waals surface area contributed by atoms with Gasteiger partial charge in [-0.1, -0.05) is 29.0 Å². The zero-order chi connectivity index (χ0) is 25.6. The van der Waals surface area contributed by atoms with Gasteiger partial charge in [0.2, 0.25) is 11.5 Å². The maximum atomic E-state index is 13.6. The van der Waals surface area contributed by atoms with Gasteiger partial charge in [-0.3, -0.25) is 14.5 Å². The van der Waals surface area contributed by atoms with Crippen LogP contribution in [0.4, 0.5) is 5.13 Å². The average Bonchev–Trinajstić information content (AvgIpc) is 3.61. The van der Waals surface area contributed by atoms with Crippen molar-refractivity contribution in [3.63, 3.8) is 0 Å². The molecule has 1 unspecified atom stereocenters. The van der Waals surface area contributed by atoms with E-state index in [9.17, 15) is 14.7 Å². The zero-order valence-electron chi connectivity index (χ0n) is 19.3. The summed E-state index contributed by atoms with van der Waals surface area (Å²) in [6.45, 7) is 0. The molecule has 8 nitrogen and oxygen atoms in total. The number of amides is 1. The minimum absolute atomic E-state index is 0.0611. The second-order valence-electron chi connectivity index (χ2n) is 7.71. The maximum absolute atomic E-state index is 13.6. The smallest absolute Gasteiger partial charge is 0.296 e. The van der Waals surface area contributed by atoms with Crippen LogP contribution in [0.3, 0.4) is 0 Å². The van der Waals surface area contributed by atoms with E-state index in [0.717, 1.165) is 4.70 Å². The molecule has 4 aromatic rings. The Morgan fingerprint density at radius 3 is 2.42 bits per heavy atom. The highest BCUT2D eigenvalue weighted by molar-refractivity contribution is 7.22. The van der Waals surface area contributed by atoms with E-state index in [2.05, 4.69) is 4.98 Å². The molecule has 1 N–H and O–H groups in total. The van der Waals surface area contributed by atoms with Crippen molar-refractivity contribution >= 4 is 61.3 Å². The fraction of sp³-hybridized carbons (Fsp3) is 0.160. The lowest BCUT2D eigenvalue weighted by Gasteiger charge is -2.25. The molecule has 2 aromatic carbocycles. The number of nitrogens with zero attached hydrogens (tertiary/aromatic N) is 2. The first kappa shape index (κ1) is 24.1. The molecule has 11 heteroatoms. The Bertz CT molecular complexity index is 1500. The first-order valence-corrected chi connectivity index (χ1v) is 12.7. The first-order valence-electron chi connectivity index (χ1n) is 10.6. The predicted octanol–water partition coefficient (Wildman–Crippen LogP) is 5.82. The fourth-order valence-electron chi connectivity index (χ4n) is 4.14. The van der Waals surface area contributed by atoms with Crippen LogP contribution in [-0.4, -0.2) is 43.1 Å². The molecule has 1 atom stereocenters. The standard InChI is InChI=1S/C25H19ClN2O6S2/c1-32-15-9-12(10-16(33-2)23(15)34-3)20-19(21(29)17-5-4-8-35-17)22(30)24(31)28(20)25-27-14-7-6-13(26)11-18(14)36-25/h4-11,20,30H,1-3H3. The number of carbonyl (C=O) groups is 2. The summed E-state index contributed by atoms with van der Waals surface area (Å²) < 4.78 is 17.2. The second kappa shape index (κ2) is 9.45. The van der Waals surface area contributed by atoms with E-state index < -0.39 is 23.5 Å². The molecule has 1 aliphatic heterocycles. The van der Waals surface area contributed by atoms with E-state index >= 15 is 0 Å². The summed E-state index contributed by atoms with van der Waals surface area (Å²) in [5.41, 5.74) is 1.04. The Morgan fingerprint density at radius 1 is 1.08 bits per heavy atom. The monoisotopic (exact) mass is 542 g/mol. The summed E-state index contributed by atoms with van der Waals surface area (Å²) in [6.07, 6.45) is 0. The number of fused-ring (bicyclic) bond motifs is 1. The number of aromatic nitrogens is 1. The summed E-state index contributed by atoms with van der Waals surface area (Å²) in [5, 5.41) is 13.6. The summed E-state index contributed by atoms with van der Waals surface area (Å²) in [5.74, 6) is -0.799. The third-order valence-electron chi connectivity index (χ3n) is 5.75. The predicted molar refractivity (Wildman–Crippen MR) is 139 cm³/mol. The van der Waals surface area contributed by atoms with Crippen molar-refractivity contribution in [2.45, 2.75) is 6.04 Å². The number of hydrogen-bond donors (Lipinski definition) is 1. The van der Waals surface area contributed by atoms with Gasteiger partial charge in [0.15, 0.2) is 22.4 Å². The number of benzene rings is 2. The molecule has 2 aromatic heterocycles. The number of carbonyl (C=O) groups excluding carboxylic acids is 2. The van der Waals surface area contributed by atoms with Crippen LogP contribution in [0.25, 0.3) is 10.2 Å². The number of rotatable bonds is 7. The zero-order valence-corrected chi connectivity index (χ0v) is 21.7. The van der Waals surface area contributed by atoms with Gasteiger partial charge in [0.05, 0.1) is 48.0 Å². The van der Waals surface area contributed by atoms with Crippen molar-refractivity contribution in [1.82, 2.24) is 4.98 Å². The van der Waals surface area contributed by atoms with E-state index in [0.29, 0.717) is 43.4 Å². The SMILES string of the molecule is COc1cc(C2C(C(=O)c3cccs3)=C(O)C(=O)N2c2nc3ccc(Cl)cc3s2)cc(OC)c1OC. The highest BCUT2D eigenvalue weighted by Gasteiger charge is 2.46. The third kappa shape index (κ3) is 3.87. The molecular weight excluding hydrogens is 524 g/mol. The molecule has 5 rings (SSSR count). The molecule has 184 valence electrons. The van der Waals surface area contributed by atoms with Gasteiger partial charge in [-0.25, -0.2) is 4.98 Å². The number of thiazole rings is 1. The number of hydrogen-bond acceptors (Lipinski definition) is 9. The summed E-state index contributed by atoms with van der Waals surface area (Å²) in [7, 11) is 4.43. The molecule has 3 heterocycles. The Morgan fingerprint density at radius 2 is 1.81 bits per heavy atom. The van der Waals surface area contributed by atoms with Gasteiger partial charge >= 0.3 is 0 Å². The lowest BCUT2D eigenvalue weighted by molar-refractivity contribution is -0.117. The van der Waals surface area contributed by atoms with Gasteiger partial charge in [0, 0.05) is 5.02 Å². The molecule has 0 fully saturated rings. The van der Waals surface area contributed by atoms with Gasteiger partial charge < -0.3 is 19.3 Å². The molecule has 0 bridgehead atoms. The number of methoxy groups -OCH3 is 3. The van der Waals surface area contributed by atoms with E-state index in [4.69, 9.17) is 25.8 Å². The van der Waals surface area contributed by atoms with Crippen molar-refractivity contribution in [1.29, 1.82) is 0 Å². The molecular formula is C25H19ClN2O6S2. The lowest BCUT2D eigenvalue weighted by Crippen LogP contribution is -2.31. The Kier molecular flexibility index (Phi) is 6.33. The van der Waals surface area contributed by atoms with Crippen molar-refractivity contribution in [3.8, 4) is 17.2 Å². The highest BCUT2D eigenvalue weighted by Crippen LogP contribution is 2.48. The van der Waals surface area contributed by atoms with Crippen LogP contribution in [0.5, 0.6) is 17.2 Å². The van der Waals surface area contributed by atoms with Gasteiger partial charge in [0.25, 0.3) is 5.91 Å². The molecule has 0 saturated heterocycles. The van der Waals surface area contributed by atoms with E-state index in [1.165, 1.54) is 48.9 Å². The molecule has 36 heavy (non-hydrogen) atoms. The molecule has 0 spiro atoms. The van der Waals surface area contributed by atoms with Gasteiger partial charge in [-0.2, -0.15) is 0 Å². The Hall–Kier alpha value is -3.60. The van der Waals surface area contributed by atoms with Gasteiger partial charge in [-0.15, -0.1) is 11.3 Å². The van der Waals surface area contributed by atoms with Crippen molar-refractivity contribution in [3.05, 3.63) is 74.6 Å².